The van der Waals surface area contributed by atoms with E-state index in [0.717, 1.165) is 36.2 Å². The maximum absolute atomic E-state index is 15.3. The van der Waals surface area contributed by atoms with Crippen molar-refractivity contribution in [2.75, 3.05) is 6.51 Å². The van der Waals surface area contributed by atoms with Crippen molar-refractivity contribution in [2.24, 2.45) is 17.8 Å². The topological polar surface area (TPSA) is 9.23 Å². The van der Waals surface area contributed by atoms with Gasteiger partial charge in [-0.2, -0.15) is 4.39 Å². The van der Waals surface area contributed by atoms with E-state index in [-0.39, 0.29) is 23.6 Å². The molecule has 5 heteroatoms. The lowest BCUT2D eigenvalue weighted by atomic mass is 9.70. The van der Waals surface area contributed by atoms with Gasteiger partial charge in [-0.3, -0.25) is 0 Å². The fourth-order valence-corrected chi connectivity index (χ4v) is 6.73. The van der Waals surface area contributed by atoms with Crippen LogP contribution in [0.2, 0.25) is 0 Å². The third-order valence-electron chi connectivity index (χ3n) is 9.12. The molecular formula is C36H38BF3O. The molecule has 0 aliphatic heterocycles. The Labute approximate surface area is 243 Å². The summed E-state index contributed by atoms with van der Waals surface area (Å²) >= 11 is 0. The third-order valence-corrected chi connectivity index (χ3v) is 9.12. The molecule has 2 radical (unpaired) electrons. The van der Waals surface area contributed by atoms with E-state index in [4.69, 9.17) is 12.6 Å². The van der Waals surface area contributed by atoms with E-state index < -0.39 is 11.6 Å². The van der Waals surface area contributed by atoms with Gasteiger partial charge in [-0.25, -0.2) is 8.78 Å². The van der Waals surface area contributed by atoms with Crippen LogP contribution >= 0.6 is 0 Å². The molecule has 2 aliphatic carbocycles. The minimum Gasteiger partial charge on any atom is -0.500 e. The van der Waals surface area contributed by atoms with Crippen LogP contribution in [0.4, 0.5) is 13.2 Å². The molecule has 1 fully saturated rings. The van der Waals surface area contributed by atoms with E-state index in [0.29, 0.717) is 16.7 Å². The van der Waals surface area contributed by atoms with Gasteiger partial charge in [0.1, 0.15) is 13.7 Å². The molecular weight excluding hydrogens is 516 g/mol. The van der Waals surface area contributed by atoms with Crippen molar-refractivity contribution >= 4 is 13.4 Å². The lowest BCUT2D eigenvalue weighted by Gasteiger charge is -2.35. The highest BCUT2D eigenvalue weighted by Crippen LogP contribution is 2.42. The first-order valence-corrected chi connectivity index (χ1v) is 15.0. The molecule has 5 rings (SSSR count). The molecule has 1 saturated carbocycles. The standard InChI is InChI=1S/C36H38BF3O/c1-2-3-4-5-24-6-8-25(9-7-24)26-10-12-27(13-11-26)30-18-19-31(33(38)22-30)28-14-16-29(17-15-28)32-20-21-34(41-23-37)36(40)35(32)39/h2-3,12,14-22,24-26H,4-11,13,23H2,1H3/b3-2+. The van der Waals surface area contributed by atoms with E-state index in [1.54, 1.807) is 30.3 Å². The molecule has 0 aromatic heterocycles. The van der Waals surface area contributed by atoms with Crippen molar-refractivity contribution in [1.82, 2.24) is 0 Å². The SMILES string of the molecule is [B]COc1ccc(-c2ccc(-c3ccc(C4=CCC(C5CCC(CC/C=C/C)CC5)CC4)cc3F)cc2)c(F)c1F. The number of allylic oxidation sites excluding steroid dienone is 4. The van der Waals surface area contributed by atoms with Gasteiger partial charge >= 0.3 is 0 Å². The van der Waals surface area contributed by atoms with Crippen LogP contribution in [-0.2, 0) is 0 Å². The van der Waals surface area contributed by atoms with E-state index in [1.165, 1.54) is 62.7 Å². The maximum atomic E-state index is 15.3. The van der Waals surface area contributed by atoms with Gasteiger partial charge in [0, 0.05) is 17.6 Å². The summed E-state index contributed by atoms with van der Waals surface area (Å²) in [4.78, 5) is 0. The molecule has 212 valence electrons. The van der Waals surface area contributed by atoms with Crippen LogP contribution in [0.25, 0.3) is 27.8 Å². The lowest BCUT2D eigenvalue weighted by Crippen LogP contribution is -2.23. The normalized spacial score (nSPS) is 21.2. The molecule has 3 aromatic rings. The van der Waals surface area contributed by atoms with Crippen molar-refractivity contribution in [3.8, 4) is 28.0 Å². The highest BCUT2D eigenvalue weighted by molar-refractivity contribution is 6.08. The molecule has 0 N–H and O–H groups in total. The minimum absolute atomic E-state index is 0.106. The van der Waals surface area contributed by atoms with Crippen LogP contribution in [0.1, 0.15) is 70.3 Å². The Morgan fingerprint density at radius 1 is 0.805 bits per heavy atom. The fraction of sp³-hybridized carbons (Fsp3) is 0.389. The number of hydrogen-bond acceptors (Lipinski definition) is 1. The second-order valence-corrected chi connectivity index (χ2v) is 11.5. The van der Waals surface area contributed by atoms with Gasteiger partial charge in [-0.1, -0.05) is 67.5 Å². The number of rotatable bonds is 9. The highest BCUT2D eigenvalue weighted by atomic mass is 19.2. The first kappa shape index (κ1) is 29.3. The van der Waals surface area contributed by atoms with Gasteiger partial charge in [0.2, 0.25) is 5.82 Å². The zero-order valence-electron chi connectivity index (χ0n) is 23.9. The van der Waals surface area contributed by atoms with Crippen LogP contribution in [0.3, 0.4) is 0 Å². The van der Waals surface area contributed by atoms with Gasteiger partial charge in [-0.15, -0.1) is 0 Å². The van der Waals surface area contributed by atoms with Crippen LogP contribution < -0.4 is 4.74 Å². The summed E-state index contributed by atoms with van der Waals surface area (Å²) < 4.78 is 49.1. The Bertz CT molecular complexity index is 1390. The number of halogens is 3. The van der Waals surface area contributed by atoms with Crippen LogP contribution in [0.15, 0.2) is 72.8 Å². The van der Waals surface area contributed by atoms with Gasteiger partial charge in [0.25, 0.3) is 0 Å². The van der Waals surface area contributed by atoms with Crippen molar-refractivity contribution in [3.05, 3.63) is 95.8 Å². The largest absolute Gasteiger partial charge is 0.500 e. The van der Waals surface area contributed by atoms with E-state index in [9.17, 15) is 8.78 Å². The van der Waals surface area contributed by atoms with Crippen LogP contribution in [0, 0.1) is 35.2 Å². The molecule has 3 aromatic carbocycles. The Kier molecular flexibility index (Phi) is 9.74. The lowest BCUT2D eigenvalue weighted by molar-refractivity contribution is 0.190. The Morgan fingerprint density at radius 3 is 2.12 bits per heavy atom. The molecule has 0 heterocycles. The summed E-state index contributed by atoms with van der Waals surface area (Å²) in [5.41, 5.74) is 3.95. The van der Waals surface area contributed by atoms with Crippen molar-refractivity contribution in [3.63, 3.8) is 0 Å². The monoisotopic (exact) mass is 554 g/mol. The van der Waals surface area contributed by atoms with Crippen molar-refractivity contribution in [2.45, 2.75) is 64.7 Å². The van der Waals surface area contributed by atoms with E-state index in [1.807, 2.05) is 12.1 Å². The molecule has 41 heavy (non-hydrogen) atoms. The minimum atomic E-state index is -1.08. The number of benzene rings is 3. The average molecular weight is 555 g/mol. The molecule has 2 aliphatic rings. The predicted octanol–water partition coefficient (Wildman–Crippen LogP) is 10.3. The summed E-state index contributed by atoms with van der Waals surface area (Å²) in [5, 5.41) is 0. The zero-order chi connectivity index (χ0) is 28.8. The summed E-state index contributed by atoms with van der Waals surface area (Å²) in [5.74, 6) is -0.123. The second-order valence-electron chi connectivity index (χ2n) is 11.5. The van der Waals surface area contributed by atoms with Gasteiger partial charge in [0.05, 0.1) is 0 Å². The highest BCUT2D eigenvalue weighted by Gasteiger charge is 2.28. The smallest absolute Gasteiger partial charge is 0.201 e. The van der Waals surface area contributed by atoms with E-state index >= 15 is 4.39 Å². The maximum Gasteiger partial charge on any atom is 0.201 e. The molecule has 1 atom stereocenters. The van der Waals surface area contributed by atoms with E-state index in [2.05, 4.69) is 25.2 Å². The van der Waals surface area contributed by atoms with Crippen molar-refractivity contribution < 1.29 is 17.9 Å². The number of ether oxygens (including phenoxy) is 1. The van der Waals surface area contributed by atoms with Crippen molar-refractivity contribution in [1.29, 1.82) is 0 Å². The Morgan fingerprint density at radius 2 is 1.49 bits per heavy atom. The van der Waals surface area contributed by atoms with Gasteiger partial charge in [-0.05, 0) is 110 Å². The predicted molar refractivity (Wildman–Crippen MR) is 163 cm³/mol. The summed E-state index contributed by atoms with van der Waals surface area (Å²) in [7, 11) is 5.27. The average Bonchev–Trinajstić information content (AvgIpc) is 3.00. The number of hydrogen-bond donors (Lipinski definition) is 0. The molecule has 0 amide bonds. The molecule has 1 unspecified atom stereocenters. The first-order chi connectivity index (χ1) is 20.0. The Balaban J connectivity index is 1.21. The first-order valence-electron chi connectivity index (χ1n) is 15.0. The summed E-state index contributed by atoms with van der Waals surface area (Å²) in [6.45, 7) is 1.85. The fourth-order valence-electron chi connectivity index (χ4n) is 6.73. The summed E-state index contributed by atoms with van der Waals surface area (Å²) in [6.07, 6.45) is 18.0. The molecule has 0 saturated heterocycles. The molecule has 1 nitrogen and oxygen atoms in total. The van der Waals surface area contributed by atoms with Crippen LogP contribution in [0.5, 0.6) is 5.75 Å². The molecule has 0 spiro atoms. The second kappa shape index (κ2) is 13.6. The van der Waals surface area contributed by atoms with Gasteiger partial charge < -0.3 is 4.74 Å². The van der Waals surface area contributed by atoms with Crippen LogP contribution in [-0.4, -0.2) is 14.4 Å². The Hall–Kier alpha value is -3.21. The van der Waals surface area contributed by atoms with Gasteiger partial charge in [0.15, 0.2) is 11.6 Å². The third kappa shape index (κ3) is 6.82. The quantitative estimate of drug-likeness (QED) is 0.189. The molecule has 0 bridgehead atoms. The zero-order valence-corrected chi connectivity index (χ0v) is 23.9. The summed E-state index contributed by atoms with van der Waals surface area (Å²) in [6, 6.07) is 15.1.